The molecular formula is C12H22N4O3. The second kappa shape index (κ2) is 6.51. The number of rotatable bonds is 5. The van der Waals surface area contributed by atoms with Crippen LogP contribution in [0.2, 0.25) is 0 Å². The van der Waals surface area contributed by atoms with Crippen molar-refractivity contribution in [2.75, 3.05) is 0 Å². The lowest BCUT2D eigenvalue weighted by Crippen LogP contribution is -2.32. The van der Waals surface area contributed by atoms with Crippen molar-refractivity contribution < 1.29 is 14.6 Å². The molecule has 108 valence electrons. The number of carbonyl (C=O) groups is 1. The first-order valence-electron chi connectivity index (χ1n) is 6.34. The van der Waals surface area contributed by atoms with Gasteiger partial charge in [0.1, 0.15) is 11.3 Å². The average Bonchev–Trinajstić information content (AvgIpc) is 2.71. The molecule has 1 aromatic rings. The van der Waals surface area contributed by atoms with Crippen molar-refractivity contribution >= 4 is 6.09 Å². The molecule has 0 aromatic carbocycles. The van der Waals surface area contributed by atoms with Gasteiger partial charge in [-0.2, -0.15) is 0 Å². The van der Waals surface area contributed by atoms with Gasteiger partial charge in [0, 0.05) is 0 Å². The van der Waals surface area contributed by atoms with Crippen LogP contribution >= 0.6 is 0 Å². The number of aliphatic hydroxyl groups excluding tert-OH is 1. The Kier molecular flexibility index (Phi) is 5.29. The Morgan fingerprint density at radius 2 is 2.26 bits per heavy atom. The van der Waals surface area contributed by atoms with E-state index in [1.807, 2.05) is 6.92 Å². The largest absolute Gasteiger partial charge is 0.444 e. The number of aromatic nitrogens is 3. The van der Waals surface area contributed by atoms with Crippen molar-refractivity contribution in [1.82, 2.24) is 20.3 Å². The van der Waals surface area contributed by atoms with Gasteiger partial charge in [0.05, 0.1) is 25.4 Å². The van der Waals surface area contributed by atoms with E-state index in [9.17, 15) is 9.90 Å². The molecule has 1 rings (SSSR count). The van der Waals surface area contributed by atoms with Crippen LogP contribution < -0.4 is 5.32 Å². The summed E-state index contributed by atoms with van der Waals surface area (Å²) in [5.41, 5.74) is 0.0987. The lowest BCUT2D eigenvalue weighted by Gasteiger charge is -2.19. The van der Waals surface area contributed by atoms with Crippen molar-refractivity contribution in [3.63, 3.8) is 0 Å². The molecule has 0 bridgehead atoms. The van der Waals surface area contributed by atoms with Crippen LogP contribution in [0.5, 0.6) is 0 Å². The van der Waals surface area contributed by atoms with Crippen LogP contribution in [-0.4, -0.2) is 37.9 Å². The minimum atomic E-state index is -0.521. The number of amides is 1. The molecule has 7 nitrogen and oxygen atoms in total. The van der Waals surface area contributed by atoms with Crippen LogP contribution in [0.25, 0.3) is 0 Å². The first kappa shape index (κ1) is 15.4. The van der Waals surface area contributed by atoms with Gasteiger partial charge in [0.25, 0.3) is 0 Å². The topological polar surface area (TPSA) is 89.3 Å². The van der Waals surface area contributed by atoms with E-state index in [0.29, 0.717) is 18.7 Å². The number of nitrogens with one attached hydrogen (secondary N) is 1. The van der Waals surface area contributed by atoms with Crippen LogP contribution in [-0.2, 0) is 17.8 Å². The highest BCUT2D eigenvalue weighted by Crippen LogP contribution is 2.06. The highest BCUT2D eigenvalue weighted by atomic mass is 16.6. The summed E-state index contributed by atoms with van der Waals surface area (Å²) in [6, 6.07) is 0. The maximum Gasteiger partial charge on any atom is 0.407 e. The van der Waals surface area contributed by atoms with Gasteiger partial charge in [0.2, 0.25) is 0 Å². The van der Waals surface area contributed by atoms with Gasteiger partial charge in [0.15, 0.2) is 0 Å². The second-order valence-corrected chi connectivity index (χ2v) is 5.35. The Morgan fingerprint density at radius 1 is 1.58 bits per heavy atom. The fourth-order valence-electron chi connectivity index (χ4n) is 1.33. The summed E-state index contributed by atoms with van der Waals surface area (Å²) in [5.74, 6) is 0. The van der Waals surface area contributed by atoms with Crippen molar-refractivity contribution in [1.29, 1.82) is 0 Å². The van der Waals surface area contributed by atoms with Crippen molar-refractivity contribution in [3.05, 3.63) is 11.9 Å². The molecule has 0 saturated carbocycles. The molecule has 1 unspecified atom stereocenters. The molecule has 19 heavy (non-hydrogen) atoms. The van der Waals surface area contributed by atoms with E-state index in [1.165, 1.54) is 0 Å². The summed E-state index contributed by atoms with van der Waals surface area (Å²) in [5, 5.41) is 19.9. The maximum atomic E-state index is 11.4. The zero-order valence-corrected chi connectivity index (χ0v) is 11.9. The van der Waals surface area contributed by atoms with Gasteiger partial charge < -0.3 is 15.2 Å². The number of hydrogen-bond acceptors (Lipinski definition) is 5. The van der Waals surface area contributed by atoms with Crippen molar-refractivity contribution in [2.45, 2.75) is 58.9 Å². The maximum absolute atomic E-state index is 11.4. The minimum Gasteiger partial charge on any atom is -0.444 e. The molecule has 0 aliphatic heterocycles. The second-order valence-electron chi connectivity index (χ2n) is 5.35. The lowest BCUT2D eigenvalue weighted by atomic mass is 10.2. The van der Waals surface area contributed by atoms with Crippen LogP contribution in [0.15, 0.2) is 6.20 Å². The Hall–Kier alpha value is -1.63. The summed E-state index contributed by atoms with van der Waals surface area (Å²) in [4.78, 5) is 11.4. The molecule has 1 amide bonds. The van der Waals surface area contributed by atoms with Crippen LogP contribution in [0.1, 0.15) is 39.8 Å². The first-order chi connectivity index (χ1) is 8.80. The highest BCUT2D eigenvalue weighted by molar-refractivity contribution is 5.67. The zero-order chi connectivity index (χ0) is 14.5. The normalized spacial score (nSPS) is 13.1. The molecule has 1 atom stereocenters. The third-order valence-corrected chi connectivity index (χ3v) is 2.27. The Labute approximate surface area is 112 Å². The van der Waals surface area contributed by atoms with E-state index >= 15 is 0 Å². The Bertz CT molecular complexity index is 411. The van der Waals surface area contributed by atoms with Crippen LogP contribution in [0.3, 0.4) is 0 Å². The molecule has 0 spiro atoms. The molecule has 0 radical (unpaired) electrons. The summed E-state index contributed by atoms with van der Waals surface area (Å²) in [6.45, 7) is 7.94. The summed E-state index contributed by atoms with van der Waals surface area (Å²) in [7, 11) is 0. The average molecular weight is 270 g/mol. The summed E-state index contributed by atoms with van der Waals surface area (Å²) >= 11 is 0. The summed E-state index contributed by atoms with van der Waals surface area (Å²) in [6.07, 6.45) is 1.42. The fourth-order valence-corrected chi connectivity index (χ4v) is 1.33. The van der Waals surface area contributed by atoms with Crippen LogP contribution in [0.4, 0.5) is 4.79 Å². The molecule has 1 aromatic heterocycles. The number of alkyl carbamates (subject to hydrolysis) is 1. The number of aliphatic hydroxyl groups is 1. The molecule has 0 aliphatic carbocycles. The quantitative estimate of drug-likeness (QED) is 0.835. The summed E-state index contributed by atoms with van der Waals surface area (Å²) < 4.78 is 6.66. The fraction of sp³-hybridized carbons (Fsp3) is 0.750. The SMILES string of the molecule is CCC(O)Cn1cc(CNC(=O)OC(C)(C)C)nn1. The monoisotopic (exact) mass is 270 g/mol. The standard InChI is InChI=1S/C12H22N4O3/c1-5-10(17)8-16-7-9(14-15-16)6-13-11(18)19-12(2,3)4/h7,10,17H,5-6,8H2,1-4H3,(H,13,18). The van der Waals surface area contributed by atoms with Gasteiger partial charge >= 0.3 is 6.09 Å². The lowest BCUT2D eigenvalue weighted by molar-refractivity contribution is 0.0523. The predicted molar refractivity (Wildman–Crippen MR) is 69.4 cm³/mol. The van der Waals surface area contributed by atoms with Crippen LogP contribution in [0, 0.1) is 0 Å². The van der Waals surface area contributed by atoms with E-state index in [1.54, 1.807) is 31.6 Å². The number of nitrogens with zero attached hydrogens (tertiary/aromatic N) is 3. The van der Waals surface area contributed by atoms with Gasteiger partial charge in [-0.05, 0) is 27.2 Å². The molecule has 0 fully saturated rings. The molecule has 7 heteroatoms. The molecule has 1 heterocycles. The predicted octanol–water partition coefficient (Wildman–Crippen LogP) is 1.07. The van der Waals surface area contributed by atoms with Gasteiger partial charge in [-0.25, -0.2) is 9.48 Å². The van der Waals surface area contributed by atoms with Gasteiger partial charge in [-0.15, -0.1) is 5.10 Å². The van der Waals surface area contributed by atoms with Gasteiger partial charge in [-0.3, -0.25) is 0 Å². The van der Waals surface area contributed by atoms with Crippen molar-refractivity contribution in [3.8, 4) is 0 Å². The van der Waals surface area contributed by atoms with E-state index < -0.39 is 17.8 Å². The first-order valence-corrected chi connectivity index (χ1v) is 6.34. The molecule has 0 saturated heterocycles. The van der Waals surface area contributed by atoms with E-state index in [4.69, 9.17) is 4.74 Å². The zero-order valence-electron chi connectivity index (χ0n) is 11.9. The highest BCUT2D eigenvalue weighted by Gasteiger charge is 2.16. The third-order valence-electron chi connectivity index (χ3n) is 2.27. The molecule has 2 N–H and O–H groups in total. The minimum absolute atomic E-state index is 0.247. The van der Waals surface area contributed by atoms with Crippen molar-refractivity contribution in [2.24, 2.45) is 0 Å². The number of ether oxygens (including phenoxy) is 1. The number of carbonyl (C=O) groups excluding carboxylic acids is 1. The number of hydrogen-bond donors (Lipinski definition) is 2. The van der Waals surface area contributed by atoms with E-state index in [2.05, 4.69) is 15.6 Å². The van der Waals surface area contributed by atoms with E-state index in [-0.39, 0.29) is 6.54 Å². The molecular weight excluding hydrogens is 248 g/mol. The van der Waals surface area contributed by atoms with Gasteiger partial charge in [-0.1, -0.05) is 12.1 Å². The van der Waals surface area contributed by atoms with E-state index in [0.717, 1.165) is 0 Å². The Balaban J connectivity index is 2.40. The Morgan fingerprint density at radius 3 is 2.84 bits per heavy atom. The smallest absolute Gasteiger partial charge is 0.407 e. The molecule has 0 aliphatic rings. The third kappa shape index (κ3) is 6.19.